The largest absolute Gasteiger partial charge is 0.453 e. The highest BCUT2D eigenvalue weighted by molar-refractivity contribution is 5.97. The molecule has 0 N–H and O–H groups in total. The lowest BCUT2D eigenvalue weighted by Gasteiger charge is -2.20. The predicted octanol–water partition coefficient (Wildman–Crippen LogP) is 4.73. The van der Waals surface area contributed by atoms with E-state index < -0.39 is 0 Å². The summed E-state index contributed by atoms with van der Waals surface area (Å²) in [7, 11) is 0. The Labute approximate surface area is 111 Å². The Kier molecular flexibility index (Phi) is 3.36. The molecule has 0 atom stereocenters. The van der Waals surface area contributed by atoms with Crippen LogP contribution in [0.1, 0.15) is 49.1 Å². The number of hydrogen-bond donors (Lipinski definition) is 0. The van der Waals surface area contributed by atoms with Crippen molar-refractivity contribution in [3.63, 3.8) is 0 Å². The minimum absolute atomic E-state index is 0.0449. The van der Waals surface area contributed by atoms with Gasteiger partial charge in [0.25, 0.3) is 0 Å². The maximum Gasteiger partial charge on any atom is 0.198 e. The molecule has 1 aromatic heterocycles. The van der Waals surface area contributed by atoms with E-state index in [1.165, 1.54) is 31.4 Å². The fraction of sp³-hybridized carbons (Fsp3) is 0.438. The summed E-state index contributed by atoms with van der Waals surface area (Å²) in [4.78, 5) is 12.2. The number of ketones is 1. The second-order valence-electron chi connectivity index (χ2n) is 5.42. The van der Waals surface area contributed by atoms with Crippen LogP contribution >= 0.6 is 0 Å². The fourth-order valence-electron chi connectivity index (χ4n) is 2.91. The molecule has 1 aliphatic rings. The zero-order valence-corrected chi connectivity index (χ0v) is 10.8. The standard InChI is InChI=1S/C16H17FO2/c17-13-6-7-15-12(9-13)10-16(19-15)14(18)8-11-4-2-1-3-5-11/h6-7,9-11H,1-5,8H2. The van der Waals surface area contributed by atoms with Gasteiger partial charge in [-0.15, -0.1) is 0 Å². The molecule has 1 saturated carbocycles. The second kappa shape index (κ2) is 5.16. The van der Waals surface area contributed by atoms with Gasteiger partial charge in [-0.05, 0) is 30.2 Å². The van der Waals surface area contributed by atoms with Gasteiger partial charge in [0.05, 0.1) is 0 Å². The molecule has 0 aliphatic heterocycles. The van der Waals surface area contributed by atoms with Crippen LogP contribution in [0, 0.1) is 11.7 Å². The van der Waals surface area contributed by atoms with Crippen molar-refractivity contribution < 1.29 is 13.6 Å². The molecule has 3 heteroatoms. The summed E-state index contributed by atoms with van der Waals surface area (Å²) in [5.74, 6) is 0.598. The molecule has 1 fully saturated rings. The van der Waals surface area contributed by atoms with Crippen molar-refractivity contribution in [2.75, 3.05) is 0 Å². The molecule has 1 aliphatic carbocycles. The third-order valence-corrected chi connectivity index (χ3v) is 3.95. The first-order chi connectivity index (χ1) is 9.22. The zero-order chi connectivity index (χ0) is 13.2. The quantitative estimate of drug-likeness (QED) is 0.747. The van der Waals surface area contributed by atoms with Crippen molar-refractivity contribution in [3.05, 3.63) is 35.8 Å². The molecule has 2 nitrogen and oxygen atoms in total. The third-order valence-electron chi connectivity index (χ3n) is 3.95. The van der Waals surface area contributed by atoms with E-state index in [0.717, 1.165) is 12.8 Å². The number of fused-ring (bicyclic) bond motifs is 1. The Morgan fingerprint density at radius 3 is 2.79 bits per heavy atom. The Morgan fingerprint density at radius 1 is 1.21 bits per heavy atom. The van der Waals surface area contributed by atoms with E-state index in [2.05, 4.69) is 0 Å². The molecule has 1 heterocycles. The smallest absolute Gasteiger partial charge is 0.198 e. The predicted molar refractivity (Wildman–Crippen MR) is 71.7 cm³/mol. The minimum atomic E-state index is -0.306. The Morgan fingerprint density at radius 2 is 2.00 bits per heavy atom. The van der Waals surface area contributed by atoms with Crippen LogP contribution in [0.4, 0.5) is 4.39 Å². The molecular weight excluding hydrogens is 243 g/mol. The molecule has 1 aromatic carbocycles. The molecule has 0 saturated heterocycles. The second-order valence-corrected chi connectivity index (χ2v) is 5.42. The van der Waals surface area contributed by atoms with Gasteiger partial charge in [0, 0.05) is 11.8 Å². The monoisotopic (exact) mass is 260 g/mol. The summed E-state index contributed by atoms with van der Waals surface area (Å²) in [5, 5.41) is 0.659. The Hall–Kier alpha value is -1.64. The van der Waals surface area contributed by atoms with Crippen molar-refractivity contribution in [2.24, 2.45) is 5.92 Å². The van der Waals surface area contributed by atoms with Crippen LogP contribution < -0.4 is 0 Å². The summed E-state index contributed by atoms with van der Waals surface area (Å²) < 4.78 is 18.6. The van der Waals surface area contributed by atoms with Crippen molar-refractivity contribution in [3.8, 4) is 0 Å². The summed E-state index contributed by atoms with van der Waals surface area (Å²) in [6, 6.07) is 5.98. The normalized spacial score (nSPS) is 16.9. The Bertz CT molecular complexity index is 594. The number of Topliss-reactive ketones (excluding diaryl/α,β-unsaturated/α-hetero) is 1. The SMILES string of the molecule is O=C(CC1CCCCC1)c1cc2cc(F)ccc2o1. The highest BCUT2D eigenvalue weighted by atomic mass is 19.1. The van der Waals surface area contributed by atoms with Crippen LogP contribution in [-0.4, -0.2) is 5.78 Å². The average molecular weight is 260 g/mol. The number of rotatable bonds is 3. The van der Waals surface area contributed by atoms with Crippen LogP contribution in [0.3, 0.4) is 0 Å². The van der Waals surface area contributed by atoms with Gasteiger partial charge in [0.15, 0.2) is 11.5 Å². The van der Waals surface area contributed by atoms with Gasteiger partial charge < -0.3 is 4.42 Å². The number of halogens is 1. The molecule has 0 bridgehead atoms. The Balaban J connectivity index is 1.77. The highest BCUT2D eigenvalue weighted by Gasteiger charge is 2.20. The van der Waals surface area contributed by atoms with Gasteiger partial charge in [-0.3, -0.25) is 4.79 Å². The van der Waals surface area contributed by atoms with Crippen LogP contribution in [0.5, 0.6) is 0 Å². The molecular formula is C16H17FO2. The van der Waals surface area contributed by atoms with E-state index in [-0.39, 0.29) is 11.6 Å². The van der Waals surface area contributed by atoms with Gasteiger partial charge in [0.1, 0.15) is 11.4 Å². The van der Waals surface area contributed by atoms with Gasteiger partial charge in [-0.2, -0.15) is 0 Å². The van der Waals surface area contributed by atoms with Crippen molar-refractivity contribution in [2.45, 2.75) is 38.5 Å². The molecule has 0 unspecified atom stereocenters. The van der Waals surface area contributed by atoms with Crippen LogP contribution in [-0.2, 0) is 0 Å². The van der Waals surface area contributed by atoms with Gasteiger partial charge in [-0.1, -0.05) is 32.1 Å². The first-order valence-electron chi connectivity index (χ1n) is 6.95. The lowest BCUT2D eigenvalue weighted by molar-refractivity contribution is 0.0925. The fourth-order valence-corrected chi connectivity index (χ4v) is 2.91. The van der Waals surface area contributed by atoms with E-state index in [9.17, 15) is 9.18 Å². The van der Waals surface area contributed by atoms with Gasteiger partial charge in [0.2, 0.25) is 0 Å². The number of carbonyl (C=O) groups excluding carboxylic acids is 1. The molecule has 19 heavy (non-hydrogen) atoms. The van der Waals surface area contributed by atoms with Gasteiger partial charge in [-0.25, -0.2) is 4.39 Å². The summed E-state index contributed by atoms with van der Waals surface area (Å²) in [6.45, 7) is 0. The summed E-state index contributed by atoms with van der Waals surface area (Å²) in [5.41, 5.74) is 0.577. The molecule has 0 radical (unpaired) electrons. The molecule has 2 aromatic rings. The number of benzene rings is 1. The van der Waals surface area contributed by atoms with Crippen LogP contribution in [0.2, 0.25) is 0 Å². The van der Waals surface area contributed by atoms with E-state index >= 15 is 0 Å². The first kappa shape index (κ1) is 12.4. The molecule has 3 rings (SSSR count). The van der Waals surface area contributed by atoms with Gasteiger partial charge >= 0.3 is 0 Å². The number of carbonyl (C=O) groups is 1. The molecule has 0 amide bonds. The maximum absolute atomic E-state index is 13.1. The van der Waals surface area contributed by atoms with E-state index in [1.54, 1.807) is 12.1 Å². The van der Waals surface area contributed by atoms with E-state index in [0.29, 0.717) is 29.1 Å². The highest BCUT2D eigenvalue weighted by Crippen LogP contribution is 2.29. The lowest BCUT2D eigenvalue weighted by Crippen LogP contribution is -2.11. The van der Waals surface area contributed by atoms with Crippen LogP contribution in [0.25, 0.3) is 11.0 Å². The first-order valence-corrected chi connectivity index (χ1v) is 6.95. The summed E-state index contributed by atoms with van der Waals surface area (Å²) >= 11 is 0. The average Bonchev–Trinajstić information content (AvgIpc) is 2.83. The third kappa shape index (κ3) is 2.70. The van der Waals surface area contributed by atoms with Crippen molar-refractivity contribution >= 4 is 16.8 Å². The number of furan rings is 1. The topological polar surface area (TPSA) is 30.2 Å². The molecule has 0 spiro atoms. The van der Waals surface area contributed by atoms with Crippen LogP contribution in [0.15, 0.2) is 28.7 Å². The van der Waals surface area contributed by atoms with Crippen molar-refractivity contribution in [1.82, 2.24) is 0 Å². The van der Waals surface area contributed by atoms with Crippen molar-refractivity contribution in [1.29, 1.82) is 0 Å². The lowest BCUT2D eigenvalue weighted by atomic mass is 9.85. The number of hydrogen-bond acceptors (Lipinski definition) is 2. The zero-order valence-electron chi connectivity index (χ0n) is 10.8. The van der Waals surface area contributed by atoms with E-state index in [1.807, 2.05) is 0 Å². The van der Waals surface area contributed by atoms with E-state index in [4.69, 9.17) is 4.42 Å². The minimum Gasteiger partial charge on any atom is -0.453 e. The maximum atomic E-state index is 13.1. The summed E-state index contributed by atoms with van der Waals surface area (Å²) in [6.07, 6.45) is 6.57. The molecule has 100 valence electrons.